The molecule has 1 unspecified atom stereocenters. The summed E-state index contributed by atoms with van der Waals surface area (Å²) in [6, 6.07) is 6.23. The highest BCUT2D eigenvalue weighted by Gasteiger charge is 2.34. The fraction of sp³-hybridized carbons (Fsp3) is 0.353. The average molecular weight is 354 g/mol. The van der Waals surface area contributed by atoms with E-state index in [2.05, 4.69) is 37.6 Å². The monoisotopic (exact) mass is 354 g/mol. The largest absolute Gasteiger partial charge is 0.311 e. The van der Waals surface area contributed by atoms with Crippen molar-refractivity contribution in [2.45, 2.75) is 31.8 Å². The lowest BCUT2D eigenvalue weighted by Gasteiger charge is -2.21. The number of thiophene rings is 1. The van der Waals surface area contributed by atoms with E-state index < -0.39 is 0 Å². The summed E-state index contributed by atoms with van der Waals surface area (Å²) in [5, 5.41) is 20.6. The zero-order valence-corrected chi connectivity index (χ0v) is 14.4. The molecule has 0 saturated carbocycles. The summed E-state index contributed by atoms with van der Waals surface area (Å²) < 4.78 is 2.08. The molecule has 0 bridgehead atoms. The molecule has 25 heavy (non-hydrogen) atoms. The van der Waals surface area contributed by atoms with E-state index in [0.29, 0.717) is 12.2 Å². The van der Waals surface area contributed by atoms with Crippen LogP contribution in [-0.2, 0) is 17.9 Å². The smallest absolute Gasteiger partial charge is 0.226 e. The van der Waals surface area contributed by atoms with E-state index in [-0.39, 0.29) is 11.8 Å². The van der Waals surface area contributed by atoms with Gasteiger partial charge in [0.05, 0.1) is 22.0 Å². The third kappa shape index (κ3) is 2.49. The van der Waals surface area contributed by atoms with Gasteiger partial charge in [0.15, 0.2) is 5.82 Å². The molecule has 0 radical (unpaired) electrons. The molecule has 5 rings (SSSR count). The van der Waals surface area contributed by atoms with Gasteiger partial charge in [-0.1, -0.05) is 6.07 Å². The van der Waals surface area contributed by atoms with Crippen molar-refractivity contribution in [2.24, 2.45) is 0 Å². The Morgan fingerprint density at radius 3 is 3.20 bits per heavy atom. The van der Waals surface area contributed by atoms with Crippen LogP contribution in [0, 0.1) is 0 Å². The number of nitrogens with zero attached hydrogens (tertiary/aromatic N) is 3. The quantitative estimate of drug-likeness (QED) is 0.659. The van der Waals surface area contributed by atoms with Gasteiger partial charge in [0.1, 0.15) is 0 Å². The van der Waals surface area contributed by atoms with E-state index >= 15 is 0 Å². The number of amides is 1. The summed E-state index contributed by atoms with van der Waals surface area (Å²) >= 11 is 1.66. The predicted molar refractivity (Wildman–Crippen MR) is 95.5 cm³/mol. The molecular formula is C17H18N6OS. The van der Waals surface area contributed by atoms with Crippen LogP contribution in [0.3, 0.4) is 0 Å². The van der Waals surface area contributed by atoms with Gasteiger partial charge in [0.2, 0.25) is 5.91 Å². The lowest BCUT2D eigenvalue weighted by molar-refractivity contribution is -0.116. The number of nitrogens with one attached hydrogen (secondary N) is 3. The number of carbonyl (C=O) groups excluding carboxylic acids is 1. The van der Waals surface area contributed by atoms with Gasteiger partial charge in [-0.05, 0) is 30.5 Å². The highest BCUT2D eigenvalue weighted by Crippen LogP contribution is 2.42. The molecule has 7 nitrogen and oxygen atoms in total. The van der Waals surface area contributed by atoms with E-state index in [4.69, 9.17) is 5.10 Å². The Balaban J connectivity index is 1.61. The number of rotatable bonds is 2. The number of H-pyrrole nitrogens is 1. The van der Waals surface area contributed by atoms with Crippen LogP contribution in [0.2, 0.25) is 0 Å². The number of anilines is 1. The second-order valence-corrected chi connectivity index (χ2v) is 7.40. The Bertz CT molecular complexity index is 902. The normalized spacial score (nSPS) is 19.8. The number of fused-ring (bicyclic) bond motifs is 2. The maximum Gasteiger partial charge on any atom is 0.226 e. The van der Waals surface area contributed by atoms with Gasteiger partial charge in [-0.3, -0.25) is 14.6 Å². The third-order valence-corrected chi connectivity index (χ3v) is 5.72. The van der Waals surface area contributed by atoms with Crippen LogP contribution in [0.4, 0.5) is 5.82 Å². The number of aryl methyl sites for hydroxylation is 1. The third-order valence-electron chi connectivity index (χ3n) is 4.84. The van der Waals surface area contributed by atoms with E-state index in [0.717, 1.165) is 47.9 Å². The fourth-order valence-corrected chi connectivity index (χ4v) is 4.41. The van der Waals surface area contributed by atoms with Crippen molar-refractivity contribution in [2.75, 3.05) is 11.9 Å². The van der Waals surface area contributed by atoms with Gasteiger partial charge < -0.3 is 10.6 Å². The molecule has 5 heterocycles. The summed E-state index contributed by atoms with van der Waals surface area (Å²) in [5.41, 5.74) is 4.16. The molecule has 2 aliphatic heterocycles. The van der Waals surface area contributed by atoms with Crippen molar-refractivity contribution >= 4 is 23.1 Å². The maximum atomic E-state index is 12.2. The van der Waals surface area contributed by atoms with Crippen LogP contribution in [0.5, 0.6) is 0 Å². The van der Waals surface area contributed by atoms with Crippen LogP contribution >= 0.6 is 11.3 Å². The zero-order valence-electron chi connectivity index (χ0n) is 13.6. The predicted octanol–water partition coefficient (Wildman–Crippen LogP) is 2.30. The first-order chi connectivity index (χ1) is 12.3. The maximum absolute atomic E-state index is 12.2. The number of hydrogen-bond donors (Lipinski definition) is 3. The lowest BCUT2D eigenvalue weighted by Crippen LogP contribution is -2.23. The average Bonchev–Trinajstić information content (AvgIpc) is 3.31. The number of carbonyl (C=O) groups is 1. The molecule has 0 fully saturated rings. The van der Waals surface area contributed by atoms with Gasteiger partial charge in [-0.25, -0.2) is 0 Å². The molecule has 0 saturated heterocycles. The molecule has 0 spiro atoms. The van der Waals surface area contributed by atoms with Crippen molar-refractivity contribution in [3.05, 3.63) is 40.5 Å². The standard InChI is InChI=1S/C17H18N6OS/c24-14-8-11(12-7-10-9-18-4-2-5-23(10)22-12)15-16(13-3-1-6-25-13)20-21-17(15)19-14/h1,3,6-7,11,18H,2,4-5,8-9H2,(H2,19,20,21,24). The summed E-state index contributed by atoms with van der Waals surface area (Å²) in [5.74, 6) is 0.549. The van der Waals surface area contributed by atoms with Gasteiger partial charge in [0, 0.05) is 31.0 Å². The van der Waals surface area contributed by atoms with Gasteiger partial charge >= 0.3 is 0 Å². The molecular weight excluding hydrogens is 336 g/mol. The van der Waals surface area contributed by atoms with Crippen molar-refractivity contribution in [3.8, 4) is 10.6 Å². The Hall–Kier alpha value is -2.45. The Morgan fingerprint density at radius 2 is 2.32 bits per heavy atom. The van der Waals surface area contributed by atoms with Gasteiger partial charge in [-0.2, -0.15) is 10.2 Å². The molecule has 0 aliphatic carbocycles. The Kier molecular flexibility index (Phi) is 3.46. The van der Waals surface area contributed by atoms with Crippen molar-refractivity contribution in [1.82, 2.24) is 25.3 Å². The van der Waals surface area contributed by atoms with E-state index in [1.165, 1.54) is 5.69 Å². The van der Waals surface area contributed by atoms with Crippen LogP contribution in [0.25, 0.3) is 10.6 Å². The summed E-state index contributed by atoms with van der Waals surface area (Å²) in [6.45, 7) is 2.75. The molecule has 1 atom stereocenters. The van der Waals surface area contributed by atoms with E-state index in [9.17, 15) is 4.79 Å². The lowest BCUT2D eigenvalue weighted by atomic mass is 9.88. The summed E-state index contributed by atoms with van der Waals surface area (Å²) in [6.07, 6.45) is 1.46. The first kappa shape index (κ1) is 14.9. The molecule has 3 N–H and O–H groups in total. The van der Waals surface area contributed by atoms with Gasteiger partial charge in [-0.15, -0.1) is 11.3 Å². The Morgan fingerprint density at radius 1 is 1.36 bits per heavy atom. The Labute approximate surface area is 148 Å². The molecule has 2 aliphatic rings. The second kappa shape index (κ2) is 5.82. The topological polar surface area (TPSA) is 87.6 Å². The van der Waals surface area contributed by atoms with Gasteiger partial charge in [0.25, 0.3) is 0 Å². The fourth-order valence-electron chi connectivity index (χ4n) is 3.67. The molecule has 1 amide bonds. The van der Waals surface area contributed by atoms with Crippen molar-refractivity contribution < 1.29 is 4.79 Å². The molecule has 8 heteroatoms. The molecule has 3 aromatic heterocycles. The second-order valence-electron chi connectivity index (χ2n) is 6.46. The van der Waals surface area contributed by atoms with Crippen molar-refractivity contribution in [3.63, 3.8) is 0 Å². The minimum Gasteiger partial charge on any atom is -0.311 e. The number of aromatic nitrogens is 4. The highest BCUT2D eigenvalue weighted by molar-refractivity contribution is 7.13. The first-order valence-electron chi connectivity index (χ1n) is 8.49. The van der Waals surface area contributed by atoms with E-state index in [1.54, 1.807) is 11.3 Å². The van der Waals surface area contributed by atoms with E-state index in [1.807, 2.05) is 11.4 Å². The van der Waals surface area contributed by atoms with Crippen molar-refractivity contribution in [1.29, 1.82) is 0 Å². The summed E-state index contributed by atoms with van der Waals surface area (Å²) in [4.78, 5) is 13.3. The van der Waals surface area contributed by atoms with Crippen LogP contribution in [0.1, 0.15) is 35.7 Å². The number of aromatic amines is 1. The van der Waals surface area contributed by atoms with Crippen LogP contribution in [-0.4, -0.2) is 32.4 Å². The SMILES string of the molecule is O=C1CC(c2cc3n(n2)CCCNC3)c2c(n[nH]c2-c2cccs2)N1. The molecule has 128 valence electrons. The zero-order chi connectivity index (χ0) is 16.8. The van der Waals surface area contributed by atoms with Crippen LogP contribution in [0.15, 0.2) is 23.6 Å². The summed E-state index contributed by atoms with van der Waals surface area (Å²) in [7, 11) is 0. The molecule has 0 aromatic carbocycles. The first-order valence-corrected chi connectivity index (χ1v) is 9.37. The molecule has 3 aromatic rings. The van der Waals surface area contributed by atoms with Crippen LogP contribution < -0.4 is 10.6 Å². The minimum absolute atomic E-state index is 0.0111. The number of hydrogen-bond acceptors (Lipinski definition) is 5. The highest BCUT2D eigenvalue weighted by atomic mass is 32.1. The minimum atomic E-state index is -0.0703.